The van der Waals surface area contributed by atoms with Gasteiger partial charge in [-0.25, -0.2) is 4.79 Å². The predicted octanol–water partition coefficient (Wildman–Crippen LogP) is 3.29. The number of amides is 2. The quantitative estimate of drug-likeness (QED) is 0.837. The number of rotatable bonds is 7. The first-order valence-corrected chi connectivity index (χ1v) is 7.92. The van der Waals surface area contributed by atoms with E-state index in [0.717, 1.165) is 24.6 Å². The number of carbonyl (C=O) groups excluding carboxylic acids is 1. The fraction of sp³-hybridized carbons (Fsp3) is 0.588. The molecule has 0 saturated heterocycles. The van der Waals surface area contributed by atoms with Gasteiger partial charge < -0.3 is 15.0 Å². The predicted molar refractivity (Wildman–Crippen MR) is 84.5 cm³/mol. The van der Waals surface area contributed by atoms with E-state index in [1.165, 1.54) is 25.7 Å². The summed E-state index contributed by atoms with van der Waals surface area (Å²) in [4.78, 5) is 13.6. The second-order valence-electron chi connectivity index (χ2n) is 5.75. The zero-order valence-electron chi connectivity index (χ0n) is 12.9. The van der Waals surface area contributed by atoms with Crippen LogP contribution in [-0.4, -0.2) is 37.7 Å². The van der Waals surface area contributed by atoms with E-state index in [2.05, 4.69) is 5.32 Å². The van der Waals surface area contributed by atoms with Crippen molar-refractivity contribution in [2.75, 3.05) is 26.7 Å². The summed E-state index contributed by atoms with van der Waals surface area (Å²) in [6.45, 7) is 1.88. The number of ether oxygens (including phenoxy) is 1. The maximum atomic E-state index is 11.9. The van der Waals surface area contributed by atoms with Crippen LogP contribution in [0.4, 0.5) is 4.79 Å². The highest BCUT2D eigenvalue weighted by molar-refractivity contribution is 5.73. The fourth-order valence-corrected chi connectivity index (χ4v) is 2.74. The summed E-state index contributed by atoms with van der Waals surface area (Å²) in [7, 11) is 1.80. The first-order chi connectivity index (χ1) is 10.3. The van der Waals surface area contributed by atoms with Crippen LogP contribution < -0.4 is 10.1 Å². The van der Waals surface area contributed by atoms with Gasteiger partial charge >= 0.3 is 6.03 Å². The van der Waals surface area contributed by atoms with Gasteiger partial charge in [-0.15, -0.1) is 0 Å². The van der Waals surface area contributed by atoms with Gasteiger partial charge in [-0.3, -0.25) is 0 Å². The first kappa shape index (κ1) is 15.7. The van der Waals surface area contributed by atoms with Crippen molar-refractivity contribution in [1.29, 1.82) is 0 Å². The Morgan fingerprint density at radius 3 is 2.71 bits per heavy atom. The van der Waals surface area contributed by atoms with E-state index in [4.69, 9.17) is 4.74 Å². The number of likely N-dealkylation sites (N-methyl/N-ethyl adjacent to an activating group) is 1. The third-order valence-corrected chi connectivity index (χ3v) is 4.09. The number of hydrogen-bond acceptors (Lipinski definition) is 2. The molecule has 2 amide bonds. The van der Waals surface area contributed by atoms with Crippen LogP contribution in [0.25, 0.3) is 0 Å². The Balaban J connectivity index is 1.56. The van der Waals surface area contributed by atoms with Crippen molar-refractivity contribution in [3.63, 3.8) is 0 Å². The molecule has 1 saturated carbocycles. The second kappa shape index (κ2) is 8.55. The van der Waals surface area contributed by atoms with Gasteiger partial charge in [-0.1, -0.05) is 43.9 Å². The number of urea groups is 1. The van der Waals surface area contributed by atoms with E-state index in [1.54, 1.807) is 11.9 Å². The molecular formula is C17H26N2O2. The standard InChI is InChI=1S/C17H26N2O2/c1-19(13-14-21-16-9-3-2-4-10-16)17(20)18-12-11-15-7-5-6-8-15/h2-4,9-10,15H,5-8,11-14H2,1H3,(H,18,20). The molecule has 4 nitrogen and oxygen atoms in total. The number of benzene rings is 1. The number of para-hydroxylation sites is 1. The fourth-order valence-electron chi connectivity index (χ4n) is 2.74. The smallest absolute Gasteiger partial charge is 0.317 e. The van der Waals surface area contributed by atoms with Gasteiger partial charge in [-0.05, 0) is 24.5 Å². The van der Waals surface area contributed by atoms with Gasteiger partial charge in [0.05, 0.1) is 6.54 Å². The maximum Gasteiger partial charge on any atom is 0.317 e. The minimum Gasteiger partial charge on any atom is -0.492 e. The molecule has 4 heteroatoms. The molecule has 2 rings (SSSR count). The van der Waals surface area contributed by atoms with E-state index in [9.17, 15) is 4.79 Å². The highest BCUT2D eigenvalue weighted by atomic mass is 16.5. The molecule has 21 heavy (non-hydrogen) atoms. The van der Waals surface area contributed by atoms with Crippen LogP contribution in [0.2, 0.25) is 0 Å². The van der Waals surface area contributed by atoms with Crippen LogP contribution in [0.1, 0.15) is 32.1 Å². The Hall–Kier alpha value is -1.71. The third kappa shape index (κ3) is 5.66. The number of nitrogens with zero attached hydrogens (tertiary/aromatic N) is 1. The molecule has 0 bridgehead atoms. The molecule has 1 fully saturated rings. The molecule has 0 atom stereocenters. The van der Waals surface area contributed by atoms with E-state index in [-0.39, 0.29) is 6.03 Å². The van der Waals surface area contributed by atoms with Crippen molar-refractivity contribution >= 4 is 6.03 Å². The van der Waals surface area contributed by atoms with Gasteiger partial charge in [0.2, 0.25) is 0 Å². The number of carbonyl (C=O) groups is 1. The van der Waals surface area contributed by atoms with Gasteiger partial charge in [0.25, 0.3) is 0 Å². The molecule has 0 aromatic heterocycles. The monoisotopic (exact) mass is 290 g/mol. The Morgan fingerprint density at radius 2 is 2.00 bits per heavy atom. The molecule has 0 radical (unpaired) electrons. The van der Waals surface area contributed by atoms with Gasteiger partial charge in [0, 0.05) is 13.6 Å². The van der Waals surface area contributed by atoms with Crippen molar-refractivity contribution < 1.29 is 9.53 Å². The van der Waals surface area contributed by atoms with Crippen LogP contribution in [0, 0.1) is 5.92 Å². The van der Waals surface area contributed by atoms with Gasteiger partial charge in [-0.2, -0.15) is 0 Å². The minimum absolute atomic E-state index is 0.00958. The molecule has 1 N–H and O–H groups in total. The van der Waals surface area contributed by atoms with E-state index >= 15 is 0 Å². The molecule has 0 aliphatic heterocycles. The molecule has 1 aliphatic carbocycles. The summed E-state index contributed by atoms with van der Waals surface area (Å²) < 4.78 is 5.59. The van der Waals surface area contributed by atoms with Crippen LogP contribution in [-0.2, 0) is 0 Å². The van der Waals surface area contributed by atoms with Crippen LogP contribution in [0.5, 0.6) is 5.75 Å². The van der Waals surface area contributed by atoms with Crippen LogP contribution in [0.15, 0.2) is 30.3 Å². The van der Waals surface area contributed by atoms with Crippen molar-refractivity contribution in [2.45, 2.75) is 32.1 Å². The second-order valence-corrected chi connectivity index (χ2v) is 5.75. The zero-order chi connectivity index (χ0) is 14.9. The summed E-state index contributed by atoms with van der Waals surface area (Å²) in [6.07, 6.45) is 6.48. The largest absolute Gasteiger partial charge is 0.492 e. The van der Waals surface area contributed by atoms with Crippen LogP contribution in [0.3, 0.4) is 0 Å². The normalized spacial score (nSPS) is 14.9. The maximum absolute atomic E-state index is 11.9. The Kier molecular flexibility index (Phi) is 6.38. The molecule has 116 valence electrons. The average Bonchev–Trinajstić information content (AvgIpc) is 3.01. The molecule has 1 aromatic carbocycles. The lowest BCUT2D eigenvalue weighted by atomic mass is 10.0. The van der Waals surface area contributed by atoms with E-state index < -0.39 is 0 Å². The first-order valence-electron chi connectivity index (χ1n) is 7.92. The summed E-state index contributed by atoms with van der Waals surface area (Å²) >= 11 is 0. The lowest BCUT2D eigenvalue weighted by Gasteiger charge is -2.19. The lowest BCUT2D eigenvalue weighted by Crippen LogP contribution is -2.40. The molecule has 0 spiro atoms. The SMILES string of the molecule is CN(CCOc1ccccc1)C(=O)NCCC1CCCC1. The summed E-state index contributed by atoms with van der Waals surface area (Å²) in [6, 6.07) is 9.66. The van der Waals surface area contributed by atoms with Gasteiger partial charge in [0.15, 0.2) is 0 Å². The highest BCUT2D eigenvalue weighted by Gasteiger charge is 2.15. The van der Waals surface area contributed by atoms with E-state index in [1.807, 2.05) is 30.3 Å². The summed E-state index contributed by atoms with van der Waals surface area (Å²) in [5.74, 6) is 1.66. The molecule has 0 unspecified atom stereocenters. The lowest BCUT2D eigenvalue weighted by molar-refractivity contribution is 0.195. The Labute approximate surface area is 127 Å². The summed E-state index contributed by atoms with van der Waals surface area (Å²) in [5.41, 5.74) is 0. The van der Waals surface area contributed by atoms with Crippen LogP contribution >= 0.6 is 0 Å². The molecular weight excluding hydrogens is 264 g/mol. The average molecular weight is 290 g/mol. The molecule has 1 aromatic rings. The Bertz CT molecular complexity index is 416. The minimum atomic E-state index is -0.00958. The van der Waals surface area contributed by atoms with Crippen molar-refractivity contribution in [1.82, 2.24) is 10.2 Å². The number of hydrogen-bond donors (Lipinski definition) is 1. The number of nitrogens with one attached hydrogen (secondary N) is 1. The third-order valence-electron chi connectivity index (χ3n) is 4.09. The van der Waals surface area contributed by atoms with E-state index in [0.29, 0.717) is 13.2 Å². The molecule has 1 aliphatic rings. The molecule has 0 heterocycles. The topological polar surface area (TPSA) is 41.6 Å². The highest BCUT2D eigenvalue weighted by Crippen LogP contribution is 2.26. The summed E-state index contributed by atoms with van der Waals surface area (Å²) in [5, 5.41) is 2.99. The van der Waals surface area contributed by atoms with Gasteiger partial charge in [0.1, 0.15) is 12.4 Å². The zero-order valence-corrected chi connectivity index (χ0v) is 12.9. The Morgan fingerprint density at radius 1 is 1.29 bits per heavy atom. The van der Waals surface area contributed by atoms with Crippen molar-refractivity contribution in [3.05, 3.63) is 30.3 Å². The van der Waals surface area contributed by atoms with Crippen molar-refractivity contribution in [3.8, 4) is 5.75 Å². The van der Waals surface area contributed by atoms with Crippen molar-refractivity contribution in [2.24, 2.45) is 5.92 Å².